The Hall–Kier alpha value is -3.66. The minimum absolute atomic E-state index is 0.0257. The fraction of sp³-hybridized carbons (Fsp3) is 0.750. The molecule has 18 nitrogen and oxygen atoms in total. The van der Waals surface area contributed by atoms with E-state index in [1.807, 2.05) is 39.8 Å². The van der Waals surface area contributed by atoms with Gasteiger partial charge in [-0.1, -0.05) is 76.0 Å². The topological polar surface area (TPSA) is 232 Å². The Morgan fingerprint density at radius 1 is 0.838 bits per heavy atom. The van der Waals surface area contributed by atoms with Gasteiger partial charge in [-0.2, -0.15) is 0 Å². The van der Waals surface area contributed by atoms with Gasteiger partial charge in [0.1, 0.15) is 36.6 Å². The van der Waals surface area contributed by atoms with Crippen molar-refractivity contribution in [2.75, 3.05) is 34.9 Å². The zero-order valence-electron chi connectivity index (χ0n) is 45.9. The zero-order chi connectivity index (χ0) is 54.6. The number of likely N-dealkylation sites (N-methyl/N-ethyl adjacent to an activating group) is 1. The van der Waals surface area contributed by atoms with Crippen LogP contribution in [0.25, 0.3) is 0 Å². The Labute approximate surface area is 439 Å². The molecule has 1 aliphatic carbocycles. The molecule has 3 aliphatic heterocycles. The summed E-state index contributed by atoms with van der Waals surface area (Å²) in [6.07, 6.45) is -2.69. The van der Waals surface area contributed by atoms with Crippen molar-refractivity contribution in [1.29, 1.82) is 0 Å². The number of carbonyl (C=O) groups excluding carboxylic acids is 4. The molecule has 74 heavy (non-hydrogen) atoms. The summed E-state index contributed by atoms with van der Waals surface area (Å²) in [5.41, 5.74) is 1.05. The number of benzene rings is 1. The molecule has 4 aliphatic rings. The van der Waals surface area contributed by atoms with Gasteiger partial charge in [0.2, 0.25) is 5.91 Å². The van der Waals surface area contributed by atoms with Crippen LogP contribution < -0.4 is 5.32 Å². The first-order valence-corrected chi connectivity index (χ1v) is 26.9. The fourth-order valence-corrected chi connectivity index (χ4v) is 11.3. The van der Waals surface area contributed by atoms with Crippen LogP contribution >= 0.6 is 0 Å². The van der Waals surface area contributed by atoms with Gasteiger partial charge >= 0.3 is 5.97 Å². The molecule has 0 bridgehead atoms. The van der Waals surface area contributed by atoms with Gasteiger partial charge in [0, 0.05) is 49.6 Å². The minimum atomic E-state index is -1.44. The first-order valence-electron chi connectivity index (χ1n) is 26.9. The second-order valence-corrected chi connectivity index (χ2v) is 21.7. The summed E-state index contributed by atoms with van der Waals surface area (Å²) in [6.45, 7) is 14.2. The quantitative estimate of drug-likeness (QED) is 0.141. The molecule has 1 saturated carbocycles. The first kappa shape index (κ1) is 61.2. The lowest BCUT2D eigenvalue weighted by Crippen LogP contribution is -2.63. The van der Waals surface area contributed by atoms with Gasteiger partial charge in [-0.05, 0) is 105 Å². The van der Waals surface area contributed by atoms with E-state index >= 15 is 4.79 Å². The average Bonchev–Trinajstić information content (AvgIpc) is 3.36. The summed E-state index contributed by atoms with van der Waals surface area (Å²) >= 11 is 0. The normalized spacial score (nSPS) is 36.9. The standard InChI is InChI=1S/C56H89N3O15/c1-13-44-39(30-70-56-52(69-12)51(68-11)48(64)36(8)72-56)26-32(4)24-25-42(60)33(5)27-38(50(34(6)43(61)29-45(62)73-44)74-55-49(65)46(58(9)10)47(63)35(7)71-55)28-41(53(66)57-40-22-18-15-19-23-40)59(31(2)3)54(67)37-20-16-14-17-21-37/h14,16-17,20-21,24-26,31,33-36,38-41,43-44,46-52,55-56,61,63-65H,13,15,18-19,22-23,27-30H2,1-12H3,(H,57,66)/b25-24+,32-26+/t33-,34+,35-,36+,38-,39-,41?,43-,44-,46+,47-,48+,49-,50-,51+,52+,55+,56+/m1/s1. The van der Waals surface area contributed by atoms with E-state index in [-0.39, 0.29) is 43.1 Å². The summed E-state index contributed by atoms with van der Waals surface area (Å²) in [7, 11) is 6.38. The number of nitrogens with zero attached hydrogens (tertiary/aromatic N) is 2. The predicted octanol–water partition coefficient (Wildman–Crippen LogP) is 4.73. The summed E-state index contributed by atoms with van der Waals surface area (Å²) in [4.78, 5) is 61.7. The number of rotatable bonds is 16. The molecule has 3 fully saturated rings. The molecule has 5 N–H and O–H groups in total. The van der Waals surface area contributed by atoms with Gasteiger partial charge in [0.25, 0.3) is 5.91 Å². The minimum Gasteiger partial charge on any atom is -0.462 e. The number of hydrogen-bond donors (Lipinski definition) is 5. The van der Waals surface area contributed by atoms with Crippen molar-refractivity contribution in [3.05, 3.63) is 59.7 Å². The summed E-state index contributed by atoms with van der Waals surface area (Å²) in [6, 6.07) is 6.22. The molecule has 5 rings (SSSR count). The third-order valence-corrected chi connectivity index (χ3v) is 15.6. The highest BCUT2D eigenvalue weighted by molar-refractivity contribution is 5.98. The van der Waals surface area contributed by atoms with Crippen LogP contribution in [0.3, 0.4) is 0 Å². The van der Waals surface area contributed by atoms with Crippen molar-refractivity contribution in [2.24, 2.45) is 23.7 Å². The SMILES string of the molecule is CC[C@H]1OC(=O)C[C@@H](O)[C@H](C)[C@@H](O[C@@H]2O[C@H](C)[C@@H](O)[C@H](N(C)C)[C@H]2O)[C@@H](CC(C(=O)NC2CCCCC2)N(C(=O)c2ccccc2)C(C)C)C[C@@H](C)C(=O)/C=C/C(C)=C/[C@@H]1CO[C@H]1O[C@@H](C)[C@H](O)[C@H](OC)[C@@H]1OC. The predicted molar refractivity (Wildman–Crippen MR) is 276 cm³/mol. The molecule has 18 heteroatoms. The first-order chi connectivity index (χ1) is 35.1. The van der Waals surface area contributed by atoms with E-state index in [1.54, 1.807) is 81.9 Å². The lowest BCUT2D eigenvalue weighted by molar-refractivity contribution is -0.304. The highest BCUT2D eigenvalue weighted by Crippen LogP contribution is 2.37. The smallest absolute Gasteiger partial charge is 0.308 e. The molecule has 0 radical (unpaired) electrons. The van der Waals surface area contributed by atoms with Crippen LogP contribution in [0, 0.1) is 23.7 Å². The fourth-order valence-electron chi connectivity index (χ4n) is 11.3. The molecule has 18 atom stereocenters. The maximum atomic E-state index is 15.0. The van der Waals surface area contributed by atoms with Crippen molar-refractivity contribution in [1.82, 2.24) is 15.1 Å². The largest absolute Gasteiger partial charge is 0.462 e. The number of carbonyl (C=O) groups is 4. The molecule has 2 amide bonds. The average molecular weight is 1040 g/mol. The van der Waals surface area contributed by atoms with Gasteiger partial charge in [0.05, 0.1) is 49.6 Å². The number of hydrogen-bond acceptors (Lipinski definition) is 16. The molecular formula is C56H89N3O15. The number of aliphatic hydroxyl groups excluding tert-OH is 4. The van der Waals surface area contributed by atoms with Gasteiger partial charge in [-0.25, -0.2) is 0 Å². The van der Waals surface area contributed by atoms with Crippen molar-refractivity contribution < 1.29 is 72.8 Å². The monoisotopic (exact) mass is 1040 g/mol. The number of cyclic esters (lactones) is 1. The molecule has 2 saturated heterocycles. The van der Waals surface area contributed by atoms with Crippen LogP contribution in [-0.2, 0) is 47.5 Å². The van der Waals surface area contributed by atoms with Crippen LogP contribution in [0.4, 0.5) is 0 Å². The molecule has 0 aromatic heterocycles. The van der Waals surface area contributed by atoms with E-state index in [0.717, 1.165) is 32.1 Å². The third kappa shape index (κ3) is 15.7. The molecule has 1 unspecified atom stereocenters. The summed E-state index contributed by atoms with van der Waals surface area (Å²) < 4.78 is 43.0. The van der Waals surface area contributed by atoms with E-state index < -0.39 is 128 Å². The number of esters is 1. The number of amides is 2. The number of nitrogens with one attached hydrogen (secondary N) is 1. The number of methoxy groups -OCH3 is 2. The van der Waals surface area contributed by atoms with Crippen molar-refractivity contribution in [3.63, 3.8) is 0 Å². The van der Waals surface area contributed by atoms with E-state index in [4.69, 9.17) is 33.2 Å². The maximum absolute atomic E-state index is 15.0. The number of ketones is 1. The molecule has 3 heterocycles. The van der Waals surface area contributed by atoms with E-state index in [0.29, 0.717) is 17.6 Å². The Morgan fingerprint density at radius 3 is 2.08 bits per heavy atom. The Balaban J connectivity index is 1.61. The molecule has 418 valence electrons. The van der Waals surface area contributed by atoms with E-state index in [1.165, 1.54) is 20.3 Å². The lowest BCUT2D eigenvalue weighted by atomic mass is 9.77. The molecule has 1 aromatic carbocycles. The van der Waals surface area contributed by atoms with Gasteiger partial charge < -0.3 is 68.7 Å². The number of ether oxygens (including phenoxy) is 7. The van der Waals surface area contributed by atoms with Crippen LogP contribution in [0.15, 0.2) is 54.1 Å². The van der Waals surface area contributed by atoms with Gasteiger partial charge in [-0.3, -0.25) is 19.2 Å². The van der Waals surface area contributed by atoms with Crippen LogP contribution in [0.2, 0.25) is 0 Å². The summed E-state index contributed by atoms with van der Waals surface area (Å²) in [5.74, 6) is -4.74. The van der Waals surface area contributed by atoms with Crippen LogP contribution in [-0.4, -0.2) is 187 Å². The highest BCUT2D eigenvalue weighted by atomic mass is 16.7. The number of allylic oxidation sites excluding steroid dienone is 3. The zero-order valence-corrected chi connectivity index (χ0v) is 45.9. The van der Waals surface area contributed by atoms with Crippen molar-refractivity contribution >= 4 is 23.6 Å². The molecule has 1 aromatic rings. The molecular weight excluding hydrogens is 955 g/mol. The maximum Gasteiger partial charge on any atom is 0.308 e. The van der Waals surface area contributed by atoms with E-state index in [9.17, 15) is 34.8 Å². The van der Waals surface area contributed by atoms with Gasteiger partial charge in [-0.15, -0.1) is 0 Å². The Kier molecular flexibility index (Phi) is 23.7. The van der Waals surface area contributed by atoms with Crippen LogP contribution in [0.5, 0.6) is 0 Å². The highest BCUT2D eigenvalue weighted by Gasteiger charge is 2.49. The number of aliphatic hydroxyl groups is 4. The van der Waals surface area contributed by atoms with Gasteiger partial charge in [0.15, 0.2) is 18.4 Å². The van der Waals surface area contributed by atoms with Crippen molar-refractivity contribution in [3.8, 4) is 0 Å². The Morgan fingerprint density at radius 2 is 1.47 bits per heavy atom. The van der Waals surface area contributed by atoms with Crippen LogP contribution in [0.1, 0.15) is 124 Å². The molecule has 0 spiro atoms. The third-order valence-electron chi connectivity index (χ3n) is 15.6. The second-order valence-electron chi connectivity index (χ2n) is 21.7. The lowest BCUT2D eigenvalue weighted by Gasteiger charge is -2.47. The summed E-state index contributed by atoms with van der Waals surface area (Å²) in [5, 5.41) is 49.5. The Bertz CT molecular complexity index is 2000. The van der Waals surface area contributed by atoms with Crippen molar-refractivity contribution in [2.45, 2.75) is 211 Å². The second kappa shape index (κ2) is 28.6. The van der Waals surface area contributed by atoms with E-state index in [2.05, 4.69) is 5.32 Å².